The van der Waals surface area contributed by atoms with Gasteiger partial charge in [-0.25, -0.2) is 4.79 Å². The Morgan fingerprint density at radius 1 is 1.17 bits per heavy atom. The van der Waals surface area contributed by atoms with Gasteiger partial charge in [-0.15, -0.1) is 11.3 Å². The molecule has 1 heterocycles. The maximum atomic E-state index is 12.3. The van der Waals surface area contributed by atoms with Gasteiger partial charge in [0, 0.05) is 17.5 Å². The van der Waals surface area contributed by atoms with Crippen LogP contribution in [0.15, 0.2) is 17.5 Å². The minimum atomic E-state index is -0.400. The van der Waals surface area contributed by atoms with Crippen molar-refractivity contribution in [3.63, 3.8) is 0 Å². The molecule has 132 valence electrons. The Balaban J connectivity index is 1.44. The first-order valence-electron chi connectivity index (χ1n) is 9.05. The van der Waals surface area contributed by atoms with Crippen LogP contribution in [0.1, 0.15) is 49.8 Å². The number of rotatable bonds is 7. The molecule has 2 fully saturated rings. The third-order valence-corrected chi connectivity index (χ3v) is 5.76. The maximum absolute atomic E-state index is 12.3. The highest BCUT2D eigenvalue weighted by Gasteiger charge is 2.30. The SMILES string of the molecule is O=C(CN(CC1CC1)C1CCCCC1)NC(=O)NCc1cccs1. The lowest BCUT2D eigenvalue weighted by atomic mass is 9.94. The van der Waals surface area contributed by atoms with Gasteiger partial charge in [-0.1, -0.05) is 25.3 Å². The van der Waals surface area contributed by atoms with Crippen LogP contribution in [0.2, 0.25) is 0 Å². The third kappa shape index (κ3) is 5.60. The lowest BCUT2D eigenvalue weighted by Gasteiger charge is -2.33. The summed E-state index contributed by atoms with van der Waals surface area (Å²) in [5, 5.41) is 7.19. The van der Waals surface area contributed by atoms with E-state index in [2.05, 4.69) is 15.5 Å². The van der Waals surface area contributed by atoms with E-state index >= 15 is 0 Å². The van der Waals surface area contributed by atoms with Crippen molar-refractivity contribution in [2.45, 2.75) is 57.5 Å². The van der Waals surface area contributed by atoms with Gasteiger partial charge >= 0.3 is 6.03 Å². The van der Waals surface area contributed by atoms with E-state index < -0.39 is 6.03 Å². The number of carbonyl (C=O) groups excluding carboxylic acids is 2. The number of hydrogen-bond acceptors (Lipinski definition) is 4. The first kappa shape index (κ1) is 17.4. The smallest absolute Gasteiger partial charge is 0.321 e. The maximum Gasteiger partial charge on any atom is 0.321 e. The van der Waals surface area contributed by atoms with Crippen LogP contribution >= 0.6 is 11.3 Å². The Morgan fingerprint density at radius 2 is 1.96 bits per heavy atom. The van der Waals surface area contributed by atoms with Crippen molar-refractivity contribution in [1.82, 2.24) is 15.5 Å². The molecule has 0 aliphatic heterocycles. The molecule has 6 heteroatoms. The van der Waals surface area contributed by atoms with E-state index in [9.17, 15) is 9.59 Å². The molecular weight excluding hydrogens is 322 g/mol. The first-order chi connectivity index (χ1) is 11.7. The zero-order chi connectivity index (χ0) is 16.8. The van der Waals surface area contributed by atoms with Crippen LogP contribution < -0.4 is 10.6 Å². The fraction of sp³-hybridized carbons (Fsp3) is 0.667. The van der Waals surface area contributed by atoms with E-state index in [1.807, 2.05) is 17.5 Å². The van der Waals surface area contributed by atoms with Gasteiger partial charge in [0.05, 0.1) is 13.1 Å². The molecule has 0 unspecified atom stereocenters. The van der Waals surface area contributed by atoms with Gasteiger partial charge in [-0.2, -0.15) is 0 Å². The van der Waals surface area contributed by atoms with Crippen molar-refractivity contribution in [2.75, 3.05) is 13.1 Å². The predicted octanol–water partition coefficient (Wildman–Crippen LogP) is 3.12. The van der Waals surface area contributed by atoms with Gasteiger partial charge < -0.3 is 5.32 Å². The Labute approximate surface area is 147 Å². The molecule has 24 heavy (non-hydrogen) atoms. The first-order valence-corrected chi connectivity index (χ1v) is 9.93. The molecule has 0 saturated heterocycles. The van der Waals surface area contributed by atoms with Crippen LogP contribution in [-0.2, 0) is 11.3 Å². The number of imide groups is 1. The molecule has 1 aromatic heterocycles. The van der Waals surface area contributed by atoms with Crippen molar-refractivity contribution in [2.24, 2.45) is 5.92 Å². The average Bonchev–Trinajstić information content (AvgIpc) is 3.24. The number of hydrogen-bond donors (Lipinski definition) is 2. The van der Waals surface area contributed by atoms with E-state index in [0.29, 0.717) is 19.1 Å². The topological polar surface area (TPSA) is 61.4 Å². The van der Waals surface area contributed by atoms with Gasteiger partial charge in [0.1, 0.15) is 0 Å². The molecule has 3 amide bonds. The number of nitrogens with one attached hydrogen (secondary N) is 2. The average molecular weight is 350 g/mol. The van der Waals surface area contributed by atoms with Crippen molar-refractivity contribution in [3.8, 4) is 0 Å². The highest BCUT2D eigenvalue weighted by atomic mass is 32.1. The van der Waals surface area contributed by atoms with E-state index in [1.165, 1.54) is 44.9 Å². The second-order valence-electron chi connectivity index (χ2n) is 6.97. The number of nitrogens with zero attached hydrogens (tertiary/aromatic N) is 1. The Kier molecular flexibility index (Phi) is 6.26. The number of carbonyl (C=O) groups is 2. The van der Waals surface area contributed by atoms with E-state index in [4.69, 9.17) is 0 Å². The van der Waals surface area contributed by atoms with Crippen LogP contribution in [0.5, 0.6) is 0 Å². The summed E-state index contributed by atoms with van der Waals surface area (Å²) >= 11 is 1.59. The normalized spacial score (nSPS) is 18.5. The molecule has 5 nitrogen and oxygen atoms in total. The van der Waals surface area contributed by atoms with Gasteiger partial charge in [0.25, 0.3) is 0 Å². The quantitative estimate of drug-likeness (QED) is 0.795. The summed E-state index contributed by atoms with van der Waals surface area (Å²) in [7, 11) is 0. The van der Waals surface area contributed by atoms with Crippen LogP contribution in [0.25, 0.3) is 0 Å². The molecule has 0 bridgehead atoms. The Hall–Kier alpha value is -1.40. The lowest BCUT2D eigenvalue weighted by molar-refractivity contribution is -0.122. The zero-order valence-corrected chi connectivity index (χ0v) is 14.9. The minimum Gasteiger partial charge on any atom is -0.333 e. The molecule has 2 aliphatic carbocycles. The molecular formula is C18H27N3O2S. The summed E-state index contributed by atoms with van der Waals surface area (Å²) < 4.78 is 0. The molecule has 0 radical (unpaired) electrons. The molecule has 1 aromatic rings. The van der Waals surface area contributed by atoms with Crippen molar-refractivity contribution >= 4 is 23.3 Å². The lowest BCUT2D eigenvalue weighted by Crippen LogP contribution is -2.48. The minimum absolute atomic E-state index is 0.190. The Morgan fingerprint density at radius 3 is 2.62 bits per heavy atom. The van der Waals surface area contributed by atoms with Crippen molar-refractivity contribution < 1.29 is 9.59 Å². The summed E-state index contributed by atoms with van der Waals surface area (Å²) in [5.41, 5.74) is 0. The van der Waals surface area contributed by atoms with Crippen LogP contribution in [-0.4, -0.2) is 36.0 Å². The monoisotopic (exact) mass is 349 g/mol. The largest absolute Gasteiger partial charge is 0.333 e. The van der Waals surface area contributed by atoms with E-state index in [1.54, 1.807) is 11.3 Å². The molecule has 2 saturated carbocycles. The van der Waals surface area contributed by atoms with Crippen molar-refractivity contribution in [3.05, 3.63) is 22.4 Å². The fourth-order valence-corrected chi connectivity index (χ4v) is 4.04. The van der Waals surface area contributed by atoms with Gasteiger partial charge in [-0.05, 0) is 43.0 Å². The standard InChI is InChI=1S/C18H27N3O2S/c22-17(20-18(23)19-11-16-7-4-10-24-16)13-21(12-14-8-9-14)15-5-2-1-3-6-15/h4,7,10,14-15H,1-3,5-6,8-9,11-13H2,(H2,19,20,22,23). The second kappa shape index (κ2) is 8.62. The summed E-state index contributed by atoms with van der Waals surface area (Å²) in [6.07, 6.45) is 8.77. The van der Waals surface area contributed by atoms with Crippen molar-refractivity contribution in [1.29, 1.82) is 0 Å². The van der Waals surface area contributed by atoms with Gasteiger partial charge in [0.15, 0.2) is 0 Å². The van der Waals surface area contributed by atoms with Crippen LogP contribution in [0, 0.1) is 5.92 Å². The summed E-state index contributed by atoms with van der Waals surface area (Å²) in [6, 6.07) is 4.03. The zero-order valence-electron chi connectivity index (χ0n) is 14.1. The van der Waals surface area contributed by atoms with Crippen LogP contribution in [0.3, 0.4) is 0 Å². The number of thiophene rings is 1. The number of urea groups is 1. The summed E-state index contributed by atoms with van der Waals surface area (Å²) in [5.74, 6) is 0.567. The molecule has 3 rings (SSSR count). The predicted molar refractivity (Wildman–Crippen MR) is 95.9 cm³/mol. The van der Waals surface area contributed by atoms with Crippen LogP contribution in [0.4, 0.5) is 4.79 Å². The van der Waals surface area contributed by atoms with E-state index in [0.717, 1.165) is 17.3 Å². The Bertz CT molecular complexity index is 536. The van der Waals surface area contributed by atoms with E-state index in [-0.39, 0.29) is 5.91 Å². The highest BCUT2D eigenvalue weighted by molar-refractivity contribution is 7.09. The second-order valence-corrected chi connectivity index (χ2v) is 8.01. The number of amides is 3. The molecule has 2 aliphatic rings. The summed E-state index contributed by atoms with van der Waals surface area (Å²) in [6.45, 7) is 1.81. The van der Waals surface area contributed by atoms with Gasteiger partial charge in [-0.3, -0.25) is 15.0 Å². The highest BCUT2D eigenvalue weighted by Crippen LogP contribution is 2.32. The summed E-state index contributed by atoms with van der Waals surface area (Å²) in [4.78, 5) is 27.5. The molecule has 0 spiro atoms. The molecule has 0 aromatic carbocycles. The fourth-order valence-electron chi connectivity index (χ4n) is 3.40. The third-order valence-electron chi connectivity index (χ3n) is 4.88. The van der Waals surface area contributed by atoms with Gasteiger partial charge in [0.2, 0.25) is 5.91 Å². The molecule has 2 N–H and O–H groups in total. The molecule has 0 atom stereocenters.